The molecule has 0 saturated carbocycles. The SMILES string of the molecule is CC(C)(C)c1cc(NC(=O)Nc2ncc(CCNc3ncnc4[nH]c(-c5ccccc5)cc34)s2)no1. The number of thiazole rings is 1. The van der Waals surface area contributed by atoms with Crippen LogP contribution in [-0.4, -0.2) is 37.7 Å². The molecule has 0 radical (unpaired) electrons. The van der Waals surface area contributed by atoms with Crippen LogP contribution in [-0.2, 0) is 11.8 Å². The van der Waals surface area contributed by atoms with Crippen LogP contribution in [0.3, 0.4) is 0 Å². The zero-order chi connectivity index (χ0) is 25.1. The van der Waals surface area contributed by atoms with E-state index in [0.717, 1.165) is 39.4 Å². The number of benzene rings is 1. The summed E-state index contributed by atoms with van der Waals surface area (Å²) in [6.45, 7) is 6.69. The molecule has 0 unspecified atom stereocenters. The Hall–Kier alpha value is -4.25. The van der Waals surface area contributed by atoms with Crippen LogP contribution in [0.2, 0.25) is 0 Å². The predicted molar refractivity (Wildman–Crippen MR) is 141 cm³/mol. The first-order valence-corrected chi connectivity index (χ1v) is 12.3. The molecule has 10 nitrogen and oxygen atoms in total. The third-order valence-corrected chi connectivity index (χ3v) is 6.41. The summed E-state index contributed by atoms with van der Waals surface area (Å²) in [5.41, 5.74) is 2.67. The molecule has 0 aliphatic rings. The van der Waals surface area contributed by atoms with E-state index in [4.69, 9.17) is 4.52 Å². The van der Waals surface area contributed by atoms with Crippen LogP contribution in [0.15, 0.2) is 59.5 Å². The lowest BCUT2D eigenvalue weighted by molar-refractivity contribution is 0.262. The van der Waals surface area contributed by atoms with E-state index in [-0.39, 0.29) is 5.41 Å². The van der Waals surface area contributed by atoms with Gasteiger partial charge >= 0.3 is 6.03 Å². The van der Waals surface area contributed by atoms with Gasteiger partial charge in [0, 0.05) is 41.2 Å². The van der Waals surface area contributed by atoms with Crippen molar-refractivity contribution in [3.8, 4) is 11.3 Å². The number of hydrogen-bond acceptors (Lipinski definition) is 8. The number of fused-ring (bicyclic) bond motifs is 1. The molecule has 4 N–H and O–H groups in total. The number of rotatable bonds is 7. The molecule has 5 rings (SSSR count). The van der Waals surface area contributed by atoms with Crippen molar-refractivity contribution in [2.24, 2.45) is 0 Å². The van der Waals surface area contributed by atoms with Gasteiger partial charge in [-0.05, 0) is 11.6 Å². The monoisotopic (exact) mass is 502 g/mol. The van der Waals surface area contributed by atoms with Crippen molar-refractivity contribution < 1.29 is 9.32 Å². The maximum absolute atomic E-state index is 12.3. The fourth-order valence-electron chi connectivity index (χ4n) is 3.57. The van der Waals surface area contributed by atoms with Gasteiger partial charge in [0.15, 0.2) is 10.9 Å². The quantitative estimate of drug-likeness (QED) is 0.225. The molecule has 4 heterocycles. The zero-order valence-electron chi connectivity index (χ0n) is 20.1. The summed E-state index contributed by atoms with van der Waals surface area (Å²) in [5, 5.41) is 14.1. The van der Waals surface area contributed by atoms with Gasteiger partial charge in [0.25, 0.3) is 0 Å². The van der Waals surface area contributed by atoms with Gasteiger partial charge < -0.3 is 14.8 Å². The minimum absolute atomic E-state index is 0.190. The minimum Gasteiger partial charge on any atom is -0.369 e. The molecule has 0 atom stereocenters. The van der Waals surface area contributed by atoms with Gasteiger partial charge in [-0.3, -0.25) is 10.6 Å². The number of nitrogens with one attached hydrogen (secondary N) is 4. The summed E-state index contributed by atoms with van der Waals surface area (Å²) in [6, 6.07) is 13.5. The second kappa shape index (κ2) is 9.78. The highest BCUT2D eigenvalue weighted by Gasteiger charge is 2.20. The highest BCUT2D eigenvalue weighted by atomic mass is 32.1. The van der Waals surface area contributed by atoms with Crippen molar-refractivity contribution in [3.05, 3.63) is 65.6 Å². The van der Waals surface area contributed by atoms with E-state index in [1.54, 1.807) is 18.6 Å². The molecule has 0 aliphatic carbocycles. The summed E-state index contributed by atoms with van der Waals surface area (Å²) < 4.78 is 5.29. The van der Waals surface area contributed by atoms with Gasteiger partial charge in [0.2, 0.25) is 0 Å². The van der Waals surface area contributed by atoms with Crippen molar-refractivity contribution in [2.75, 3.05) is 22.5 Å². The fourth-order valence-corrected chi connectivity index (χ4v) is 4.38. The lowest BCUT2D eigenvalue weighted by atomic mass is 9.93. The van der Waals surface area contributed by atoms with Gasteiger partial charge in [-0.15, -0.1) is 11.3 Å². The highest BCUT2D eigenvalue weighted by Crippen LogP contribution is 2.27. The van der Waals surface area contributed by atoms with Crippen molar-refractivity contribution >= 4 is 45.2 Å². The maximum atomic E-state index is 12.3. The number of nitrogens with zero attached hydrogens (tertiary/aromatic N) is 4. The largest absolute Gasteiger partial charge is 0.369 e. The average Bonchev–Trinajstić information content (AvgIpc) is 3.59. The van der Waals surface area contributed by atoms with E-state index in [1.807, 2.05) is 39.0 Å². The molecule has 0 saturated heterocycles. The molecular formula is C25H26N8O2S. The summed E-state index contributed by atoms with van der Waals surface area (Å²) in [5.74, 6) is 1.82. The smallest absolute Gasteiger partial charge is 0.326 e. The van der Waals surface area contributed by atoms with Crippen molar-refractivity contribution in [3.63, 3.8) is 0 Å². The molecular weight excluding hydrogens is 476 g/mol. The Morgan fingerprint density at radius 2 is 1.92 bits per heavy atom. The number of amides is 2. The lowest BCUT2D eigenvalue weighted by Crippen LogP contribution is -2.19. The first kappa shape index (κ1) is 23.5. The minimum atomic E-state index is -0.423. The third kappa shape index (κ3) is 5.36. The molecule has 4 aromatic heterocycles. The van der Waals surface area contributed by atoms with E-state index < -0.39 is 6.03 Å². The molecule has 0 fully saturated rings. The molecule has 184 valence electrons. The van der Waals surface area contributed by atoms with Crippen molar-refractivity contribution in [1.29, 1.82) is 0 Å². The van der Waals surface area contributed by atoms with Crippen LogP contribution in [0.5, 0.6) is 0 Å². The molecule has 2 amide bonds. The molecule has 1 aromatic carbocycles. The van der Waals surface area contributed by atoms with Crippen LogP contribution < -0.4 is 16.0 Å². The van der Waals surface area contributed by atoms with Crippen molar-refractivity contribution in [1.82, 2.24) is 25.1 Å². The van der Waals surface area contributed by atoms with E-state index in [9.17, 15) is 4.79 Å². The number of H-pyrrole nitrogens is 1. The summed E-state index contributed by atoms with van der Waals surface area (Å²) >= 11 is 1.42. The van der Waals surface area contributed by atoms with E-state index in [0.29, 0.717) is 23.3 Å². The Morgan fingerprint density at radius 1 is 1.08 bits per heavy atom. The normalized spacial score (nSPS) is 11.5. The number of carbonyl (C=O) groups excluding carboxylic acids is 1. The van der Waals surface area contributed by atoms with Crippen LogP contribution in [0.1, 0.15) is 31.4 Å². The Kier molecular flexibility index (Phi) is 6.38. The lowest BCUT2D eigenvalue weighted by Gasteiger charge is -2.12. The number of anilines is 3. The Bertz CT molecular complexity index is 1480. The van der Waals surface area contributed by atoms with Gasteiger partial charge in [-0.1, -0.05) is 56.3 Å². The number of aromatic nitrogens is 5. The Labute approximate surface area is 211 Å². The number of aromatic amines is 1. The molecule has 0 aliphatic heterocycles. The summed E-state index contributed by atoms with van der Waals surface area (Å²) in [7, 11) is 0. The topological polar surface area (TPSA) is 134 Å². The standard InChI is InChI=1S/C25H26N8O2S/c1-25(2,3)19-12-20(33-35-19)31-23(34)32-24-27-13-16(36-24)9-10-26-21-17-11-18(15-7-5-4-6-8-15)30-22(17)29-14-28-21/h4-8,11-14H,9-10H2,1-3H3,(H2,26,28,29,30)(H2,27,31,32,33,34). The average molecular weight is 503 g/mol. The first-order valence-electron chi connectivity index (χ1n) is 11.5. The number of carbonyl (C=O) groups is 1. The first-order chi connectivity index (χ1) is 17.3. The van der Waals surface area contributed by atoms with Crippen LogP contribution >= 0.6 is 11.3 Å². The van der Waals surface area contributed by atoms with Crippen LogP contribution in [0.4, 0.5) is 21.6 Å². The third-order valence-electron chi connectivity index (χ3n) is 5.44. The number of urea groups is 1. The van der Waals surface area contributed by atoms with Gasteiger partial charge in [0.1, 0.15) is 23.6 Å². The van der Waals surface area contributed by atoms with Gasteiger partial charge in [-0.2, -0.15) is 0 Å². The summed E-state index contributed by atoms with van der Waals surface area (Å²) in [6.07, 6.45) is 4.03. The van der Waals surface area contributed by atoms with Crippen LogP contribution in [0.25, 0.3) is 22.3 Å². The Balaban J connectivity index is 1.16. The molecule has 0 bridgehead atoms. The molecule has 0 spiro atoms. The predicted octanol–water partition coefficient (Wildman–Crippen LogP) is 5.67. The fraction of sp³-hybridized carbons (Fsp3) is 0.240. The van der Waals surface area contributed by atoms with E-state index >= 15 is 0 Å². The van der Waals surface area contributed by atoms with E-state index in [1.165, 1.54) is 11.3 Å². The zero-order valence-corrected chi connectivity index (χ0v) is 20.9. The Morgan fingerprint density at radius 3 is 2.69 bits per heavy atom. The maximum Gasteiger partial charge on any atom is 0.326 e. The molecule has 5 aromatic rings. The number of hydrogen-bond donors (Lipinski definition) is 4. The van der Waals surface area contributed by atoms with Gasteiger partial charge in [-0.25, -0.2) is 19.7 Å². The second-order valence-electron chi connectivity index (χ2n) is 9.25. The van der Waals surface area contributed by atoms with E-state index in [2.05, 4.69) is 59.2 Å². The van der Waals surface area contributed by atoms with Crippen molar-refractivity contribution in [2.45, 2.75) is 32.6 Å². The molecule has 36 heavy (non-hydrogen) atoms. The van der Waals surface area contributed by atoms with Crippen LogP contribution in [0, 0.1) is 0 Å². The van der Waals surface area contributed by atoms with Gasteiger partial charge in [0.05, 0.1) is 5.39 Å². The summed E-state index contributed by atoms with van der Waals surface area (Å²) in [4.78, 5) is 29.8. The molecule has 11 heteroatoms. The highest BCUT2D eigenvalue weighted by molar-refractivity contribution is 7.15. The second-order valence-corrected chi connectivity index (χ2v) is 10.4.